The molecule has 0 aliphatic heterocycles. The average Bonchev–Trinajstić information content (AvgIpc) is 2.63. The molecule has 0 saturated carbocycles. The van der Waals surface area contributed by atoms with E-state index in [-0.39, 0.29) is 0 Å². The van der Waals surface area contributed by atoms with E-state index in [1.54, 1.807) is 10.9 Å². The Labute approximate surface area is 107 Å². The molecule has 2 N–H and O–H groups in total. The van der Waals surface area contributed by atoms with Gasteiger partial charge >= 0.3 is 0 Å². The minimum absolute atomic E-state index is 0.575. The van der Waals surface area contributed by atoms with Gasteiger partial charge in [-0.05, 0) is 37.2 Å². The molecule has 5 heteroatoms. The smallest absolute Gasteiger partial charge is 0.136 e. The Hall–Kier alpha value is -0.840. The van der Waals surface area contributed by atoms with E-state index in [2.05, 4.69) is 21.0 Å². The molecule has 1 heterocycles. The van der Waals surface area contributed by atoms with Gasteiger partial charge < -0.3 is 5.73 Å². The fourth-order valence-corrected chi connectivity index (χ4v) is 2.00. The molecule has 1 aromatic carbocycles. The molecule has 0 saturated heterocycles. The molecule has 2 aromatic rings. The highest BCUT2D eigenvalue weighted by Crippen LogP contribution is 2.21. The predicted octanol–water partition coefficient (Wildman–Crippen LogP) is 2.79. The number of benzene rings is 1. The van der Waals surface area contributed by atoms with E-state index in [0.717, 1.165) is 22.1 Å². The summed E-state index contributed by atoms with van der Waals surface area (Å²) < 4.78 is 2.74. The third kappa shape index (κ3) is 2.29. The maximum absolute atomic E-state index is 6.21. The summed E-state index contributed by atoms with van der Waals surface area (Å²) in [6, 6.07) is 7.82. The van der Waals surface area contributed by atoms with Crippen molar-refractivity contribution in [1.29, 1.82) is 0 Å². The van der Waals surface area contributed by atoms with Crippen molar-refractivity contribution in [3.05, 3.63) is 45.7 Å². The molecule has 0 fully saturated rings. The lowest BCUT2D eigenvalue weighted by atomic mass is 10.2. The first-order valence-corrected chi connectivity index (χ1v) is 6.08. The molecule has 0 aliphatic rings. The zero-order chi connectivity index (χ0) is 11.5. The van der Waals surface area contributed by atoms with Crippen LogP contribution in [-0.4, -0.2) is 16.3 Å². The van der Waals surface area contributed by atoms with E-state index in [1.807, 2.05) is 24.3 Å². The van der Waals surface area contributed by atoms with Gasteiger partial charge in [-0.3, -0.25) is 0 Å². The van der Waals surface area contributed by atoms with Crippen LogP contribution in [0, 0.1) is 0 Å². The second kappa shape index (κ2) is 4.99. The van der Waals surface area contributed by atoms with Crippen molar-refractivity contribution >= 4 is 27.5 Å². The molecule has 0 amide bonds. The second-order valence-electron chi connectivity index (χ2n) is 3.39. The van der Waals surface area contributed by atoms with Crippen molar-refractivity contribution < 1.29 is 0 Å². The van der Waals surface area contributed by atoms with Crippen LogP contribution in [0.1, 0.15) is 5.56 Å². The maximum atomic E-state index is 6.21. The number of nitrogens with two attached hydrogens (primary N) is 1. The van der Waals surface area contributed by atoms with Crippen LogP contribution in [-0.2, 0) is 6.42 Å². The van der Waals surface area contributed by atoms with Crippen molar-refractivity contribution in [1.82, 2.24) is 9.78 Å². The van der Waals surface area contributed by atoms with Gasteiger partial charge in [0, 0.05) is 10.0 Å². The lowest BCUT2D eigenvalue weighted by molar-refractivity contribution is 0.879. The number of rotatable bonds is 3. The summed E-state index contributed by atoms with van der Waals surface area (Å²) in [5, 5.41) is 4.88. The number of hydrogen-bond acceptors (Lipinski definition) is 2. The van der Waals surface area contributed by atoms with Gasteiger partial charge in [-0.25, -0.2) is 4.68 Å². The molecule has 2 rings (SSSR count). The summed E-state index contributed by atoms with van der Waals surface area (Å²) in [6.45, 7) is 0.575. The molecule has 1 aromatic heterocycles. The minimum atomic E-state index is 0.575. The van der Waals surface area contributed by atoms with Crippen LogP contribution in [0.15, 0.2) is 34.9 Å². The molecule has 84 valence electrons. The third-order valence-electron chi connectivity index (χ3n) is 2.26. The topological polar surface area (TPSA) is 43.8 Å². The first-order valence-electron chi connectivity index (χ1n) is 4.91. The van der Waals surface area contributed by atoms with Gasteiger partial charge in [-0.15, -0.1) is 0 Å². The number of hydrogen-bond donors (Lipinski definition) is 1. The summed E-state index contributed by atoms with van der Waals surface area (Å²) in [6.07, 6.45) is 2.51. The SMILES string of the molecule is NCCc1cnn(-c2ccc(Br)cc2)c1Cl. The predicted molar refractivity (Wildman–Crippen MR) is 69.0 cm³/mol. The highest BCUT2D eigenvalue weighted by atomic mass is 79.9. The van der Waals surface area contributed by atoms with E-state index >= 15 is 0 Å². The summed E-state index contributed by atoms with van der Waals surface area (Å²) in [4.78, 5) is 0. The summed E-state index contributed by atoms with van der Waals surface area (Å²) in [5.41, 5.74) is 7.42. The Morgan fingerprint density at radius 3 is 2.62 bits per heavy atom. The van der Waals surface area contributed by atoms with Gasteiger partial charge in [-0.1, -0.05) is 27.5 Å². The van der Waals surface area contributed by atoms with Crippen LogP contribution in [0.25, 0.3) is 5.69 Å². The second-order valence-corrected chi connectivity index (χ2v) is 4.66. The highest BCUT2D eigenvalue weighted by Gasteiger charge is 2.08. The van der Waals surface area contributed by atoms with E-state index in [0.29, 0.717) is 11.7 Å². The van der Waals surface area contributed by atoms with Gasteiger partial charge in [-0.2, -0.15) is 5.10 Å². The largest absolute Gasteiger partial charge is 0.330 e. The van der Waals surface area contributed by atoms with Crippen molar-refractivity contribution in [3.8, 4) is 5.69 Å². The van der Waals surface area contributed by atoms with E-state index in [9.17, 15) is 0 Å². The van der Waals surface area contributed by atoms with Gasteiger partial charge in [0.05, 0.1) is 11.9 Å². The van der Waals surface area contributed by atoms with E-state index in [4.69, 9.17) is 17.3 Å². The molecule has 16 heavy (non-hydrogen) atoms. The normalized spacial score (nSPS) is 10.7. The third-order valence-corrected chi connectivity index (χ3v) is 3.20. The number of nitrogens with zero attached hydrogens (tertiary/aromatic N) is 2. The molecular formula is C11H11BrClN3. The van der Waals surface area contributed by atoms with Crippen LogP contribution in [0.2, 0.25) is 5.15 Å². The van der Waals surface area contributed by atoms with Crippen LogP contribution >= 0.6 is 27.5 Å². The molecule has 0 atom stereocenters. The van der Waals surface area contributed by atoms with Gasteiger partial charge in [0.25, 0.3) is 0 Å². The number of halogens is 2. The number of aromatic nitrogens is 2. The van der Waals surface area contributed by atoms with Crippen molar-refractivity contribution in [2.24, 2.45) is 5.73 Å². The summed E-state index contributed by atoms with van der Waals surface area (Å²) >= 11 is 9.60. The lowest BCUT2D eigenvalue weighted by Gasteiger charge is -2.03. The monoisotopic (exact) mass is 299 g/mol. The summed E-state index contributed by atoms with van der Waals surface area (Å²) in [5.74, 6) is 0. The van der Waals surface area contributed by atoms with Crippen LogP contribution in [0.4, 0.5) is 0 Å². The minimum Gasteiger partial charge on any atom is -0.330 e. The Morgan fingerprint density at radius 1 is 1.31 bits per heavy atom. The zero-order valence-corrected chi connectivity index (χ0v) is 10.9. The van der Waals surface area contributed by atoms with Crippen molar-refractivity contribution in [2.45, 2.75) is 6.42 Å². The molecule has 0 unspecified atom stereocenters. The molecule has 0 bridgehead atoms. The first-order chi connectivity index (χ1) is 7.72. The fourth-order valence-electron chi connectivity index (χ4n) is 1.45. The first kappa shape index (κ1) is 11.6. The highest BCUT2D eigenvalue weighted by molar-refractivity contribution is 9.10. The van der Waals surface area contributed by atoms with Crippen LogP contribution < -0.4 is 5.73 Å². The van der Waals surface area contributed by atoms with Gasteiger partial charge in [0.15, 0.2) is 0 Å². The Kier molecular flexibility index (Phi) is 3.63. The zero-order valence-electron chi connectivity index (χ0n) is 8.53. The fraction of sp³-hybridized carbons (Fsp3) is 0.182. The van der Waals surface area contributed by atoms with Gasteiger partial charge in [0.2, 0.25) is 0 Å². The molecule has 3 nitrogen and oxygen atoms in total. The Morgan fingerprint density at radius 2 is 2.00 bits per heavy atom. The maximum Gasteiger partial charge on any atom is 0.136 e. The van der Waals surface area contributed by atoms with E-state index in [1.165, 1.54) is 0 Å². The Balaban J connectivity index is 2.37. The standard InChI is InChI=1S/C11H11BrClN3/c12-9-1-3-10(4-2-9)16-11(13)8(5-6-14)7-15-16/h1-4,7H,5-6,14H2. The van der Waals surface area contributed by atoms with Gasteiger partial charge in [0.1, 0.15) is 5.15 Å². The Bertz CT molecular complexity index is 478. The molecule has 0 spiro atoms. The quantitative estimate of drug-likeness (QED) is 0.947. The van der Waals surface area contributed by atoms with Crippen LogP contribution in [0.3, 0.4) is 0 Å². The molecular weight excluding hydrogens is 289 g/mol. The molecule has 0 aliphatic carbocycles. The van der Waals surface area contributed by atoms with Crippen molar-refractivity contribution in [2.75, 3.05) is 6.54 Å². The molecule has 0 radical (unpaired) electrons. The summed E-state index contributed by atoms with van der Waals surface area (Å²) in [7, 11) is 0. The van der Waals surface area contributed by atoms with Crippen molar-refractivity contribution in [3.63, 3.8) is 0 Å². The average molecular weight is 301 g/mol. The van der Waals surface area contributed by atoms with Crippen LogP contribution in [0.5, 0.6) is 0 Å². The lowest BCUT2D eigenvalue weighted by Crippen LogP contribution is -2.02. The van der Waals surface area contributed by atoms with E-state index < -0.39 is 0 Å².